The van der Waals surface area contributed by atoms with Crippen LogP contribution in [0.15, 0.2) is 36.4 Å². The van der Waals surface area contributed by atoms with Crippen LogP contribution in [0.1, 0.15) is 56.1 Å². The molecule has 0 aromatic heterocycles. The third-order valence-corrected chi connectivity index (χ3v) is 4.59. The molecule has 2 rings (SSSR count). The third kappa shape index (κ3) is 4.31. The average molecular weight is 325 g/mol. The third-order valence-electron chi connectivity index (χ3n) is 4.59. The van der Waals surface area contributed by atoms with Gasteiger partial charge in [0.1, 0.15) is 11.9 Å². The largest absolute Gasteiger partial charge is 0.485 e. The standard InChI is InChI=1S/C22H31NO/c1-14(2)13-18-7-9-19(10-8-18)22(15(3)4)24-21-12-11-20(23)16(5)17(21)6/h7-12,14-15,22H,13,23H2,1-6H3. The van der Waals surface area contributed by atoms with Crippen molar-refractivity contribution in [3.63, 3.8) is 0 Å². The van der Waals surface area contributed by atoms with Gasteiger partial charge in [0.2, 0.25) is 0 Å². The van der Waals surface area contributed by atoms with Crippen LogP contribution in [0.25, 0.3) is 0 Å². The van der Waals surface area contributed by atoms with E-state index in [-0.39, 0.29) is 6.10 Å². The van der Waals surface area contributed by atoms with Gasteiger partial charge in [0.05, 0.1) is 0 Å². The smallest absolute Gasteiger partial charge is 0.126 e. The Labute approximate surface area is 147 Å². The Kier molecular flexibility index (Phi) is 5.93. The van der Waals surface area contributed by atoms with Gasteiger partial charge in [0.25, 0.3) is 0 Å². The monoisotopic (exact) mass is 325 g/mol. The summed E-state index contributed by atoms with van der Waals surface area (Å²) >= 11 is 0. The van der Waals surface area contributed by atoms with E-state index < -0.39 is 0 Å². The Morgan fingerprint density at radius 3 is 2.04 bits per heavy atom. The lowest BCUT2D eigenvalue weighted by atomic mass is 9.95. The number of anilines is 1. The summed E-state index contributed by atoms with van der Waals surface area (Å²) in [7, 11) is 0. The second-order valence-corrected chi connectivity index (χ2v) is 7.52. The molecule has 130 valence electrons. The van der Waals surface area contributed by atoms with Gasteiger partial charge in [-0.15, -0.1) is 0 Å². The lowest BCUT2D eigenvalue weighted by Crippen LogP contribution is -2.15. The minimum absolute atomic E-state index is 0.0415. The summed E-state index contributed by atoms with van der Waals surface area (Å²) in [6, 6.07) is 12.8. The van der Waals surface area contributed by atoms with E-state index >= 15 is 0 Å². The summed E-state index contributed by atoms with van der Waals surface area (Å²) in [5.74, 6) is 1.98. The zero-order valence-corrected chi connectivity index (χ0v) is 15.9. The molecule has 24 heavy (non-hydrogen) atoms. The second kappa shape index (κ2) is 7.74. The molecule has 0 aliphatic heterocycles. The topological polar surface area (TPSA) is 35.2 Å². The van der Waals surface area contributed by atoms with Crippen molar-refractivity contribution >= 4 is 5.69 Å². The first-order chi connectivity index (χ1) is 11.3. The molecule has 0 amide bonds. The summed E-state index contributed by atoms with van der Waals surface area (Å²) in [5.41, 5.74) is 11.6. The molecular weight excluding hydrogens is 294 g/mol. The van der Waals surface area contributed by atoms with Gasteiger partial charge in [-0.3, -0.25) is 0 Å². The quantitative estimate of drug-likeness (QED) is 0.675. The van der Waals surface area contributed by atoms with Crippen LogP contribution < -0.4 is 10.5 Å². The van der Waals surface area contributed by atoms with E-state index in [1.54, 1.807) is 0 Å². The molecule has 0 heterocycles. The number of nitrogen functional groups attached to an aromatic ring is 1. The molecule has 0 aliphatic rings. The van der Waals surface area contributed by atoms with Crippen molar-refractivity contribution in [2.75, 3.05) is 5.73 Å². The number of hydrogen-bond acceptors (Lipinski definition) is 2. The highest BCUT2D eigenvalue weighted by Crippen LogP contribution is 2.33. The van der Waals surface area contributed by atoms with E-state index in [9.17, 15) is 0 Å². The number of benzene rings is 2. The number of rotatable bonds is 6. The predicted molar refractivity (Wildman–Crippen MR) is 104 cm³/mol. The zero-order valence-electron chi connectivity index (χ0n) is 15.9. The van der Waals surface area contributed by atoms with Gasteiger partial charge in [-0.1, -0.05) is 52.0 Å². The average Bonchev–Trinajstić information content (AvgIpc) is 2.52. The number of nitrogens with two attached hydrogens (primary N) is 1. The first-order valence-electron chi connectivity index (χ1n) is 8.90. The molecule has 0 saturated carbocycles. The van der Waals surface area contributed by atoms with E-state index in [0.29, 0.717) is 11.8 Å². The van der Waals surface area contributed by atoms with Crippen molar-refractivity contribution in [1.82, 2.24) is 0 Å². The zero-order chi connectivity index (χ0) is 17.9. The van der Waals surface area contributed by atoms with Crippen LogP contribution in [0.3, 0.4) is 0 Å². The van der Waals surface area contributed by atoms with Gasteiger partial charge in [0.15, 0.2) is 0 Å². The molecule has 2 N–H and O–H groups in total. The molecule has 2 aromatic rings. The van der Waals surface area contributed by atoms with Crippen LogP contribution in [0, 0.1) is 25.7 Å². The molecule has 1 atom stereocenters. The highest BCUT2D eigenvalue weighted by atomic mass is 16.5. The van der Waals surface area contributed by atoms with Gasteiger partial charge in [0, 0.05) is 5.69 Å². The fraction of sp³-hybridized carbons (Fsp3) is 0.455. The van der Waals surface area contributed by atoms with E-state index in [1.165, 1.54) is 11.1 Å². The first kappa shape index (κ1) is 18.4. The van der Waals surface area contributed by atoms with Gasteiger partial charge >= 0.3 is 0 Å². The van der Waals surface area contributed by atoms with Gasteiger partial charge < -0.3 is 10.5 Å². The summed E-state index contributed by atoms with van der Waals surface area (Å²) in [6.45, 7) is 13.0. The van der Waals surface area contributed by atoms with Crippen LogP contribution >= 0.6 is 0 Å². The van der Waals surface area contributed by atoms with Crippen molar-refractivity contribution < 1.29 is 4.74 Å². The minimum atomic E-state index is 0.0415. The Morgan fingerprint density at radius 1 is 0.875 bits per heavy atom. The normalized spacial score (nSPS) is 12.7. The van der Waals surface area contributed by atoms with Crippen LogP contribution in [-0.4, -0.2) is 0 Å². The molecule has 2 aromatic carbocycles. The maximum atomic E-state index is 6.39. The van der Waals surface area contributed by atoms with Gasteiger partial charge in [-0.2, -0.15) is 0 Å². The molecule has 0 fully saturated rings. The first-order valence-corrected chi connectivity index (χ1v) is 8.90. The summed E-state index contributed by atoms with van der Waals surface area (Å²) < 4.78 is 6.39. The summed E-state index contributed by atoms with van der Waals surface area (Å²) in [4.78, 5) is 0. The van der Waals surface area contributed by atoms with Crippen molar-refractivity contribution in [3.05, 3.63) is 58.7 Å². The fourth-order valence-electron chi connectivity index (χ4n) is 2.99. The minimum Gasteiger partial charge on any atom is -0.485 e. The van der Waals surface area contributed by atoms with Crippen molar-refractivity contribution in [2.45, 2.75) is 54.1 Å². The molecule has 2 heteroatoms. The highest BCUT2D eigenvalue weighted by Gasteiger charge is 2.19. The van der Waals surface area contributed by atoms with E-state index in [1.807, 2.05) is 19.1 Å². The van der Waals surface area contributed by atoms with Crippen molar-refractivity contribution in [2.24, 2.45) is 11.8 Å². The Bertz CT molecular complexity index is 671. The van der Waals surface area contributed by atoms with Crippen molar-refractivity contribution in [3.8, 4) is 5.75 Å². The van der Waals surface area contributed by atoms with Crippen LogP contribution in [0.5, 0.6) is 5.75 Å². The SMILES string of the molecule is Cc1c(N)ccc(OC(c2ccc(CC(C)C)cc2)C(C)C)c1C. The number of hydrogen-bond donors (Lipinski definition) is 1. The van der Waals surface area contributed by atoms with E-state index in [4.69, 9.17) is 10.5 Å². The Balaban J connectivity index is 2.25. The molecule has 0 radical (unpaired) electrons. The molecule has 2 nitrogen and oxygen atoms in total. The summed E-state index contributed by atoms with van der Waals surface area (Å²) in [6.07, 6.45) is 1.16. The van der Waals surface area contributed by atoms with Crippen molar-refractivity contribution in [1.29, 1.82) is 0 Å². The lowest BCUT2D eigenvalue weighted by molar-refractivity contribution is 0.152. The molecular formula is C22H31NO. The summed E-state index contributed by atoms with van der Waals surface area (Å²) in [5, 5.41) is 0. The van der Waals surface area contributed by atoms with Crippen LogP contribution in [0.4, 0.5) is 5.69 Å². The molecule has 1 unspecified atom stereocenters. The fourth-order valence-corrected chi connectivity index (χ4v) is 2.99. The molecule has 0 saturated heterocycles. The molecule has 0 bridgehead atoms. The Morgan fingerprint density at radius 2 is 1.50 bits per heavy atom. The van der Waals surface area contributed by atoms with Gasteiger partial charge in [-0.25, -0.2) is 0 Å². The lowest BCUT2D eigenvalue weighted by Gasteiger charge is -2.25. The number of ether oxygens (including phenoxy) is 1. The highest BCUT2D eigenvalue weighted by molar-refractivity contribution is 5.55. The molecule has 0 spiro atoms. The van der Waals surface area contributed by atoms with Crippen LogP contribution in [0.2, 0.25) is 0 Å². The van der Waals surface area contributed by atoms with Gasteiger partial charge in [-0.05, 0) is 66.5 Å². The maximum Gasteiger partial charge on any atom is 0.126 e. The predicted octanol–water partition coefficient (Wildman–Crippen LogP) is 5.86. The van der Waals surface area contributed by atoms with Crippen LogP contribution in [-0.2, 0) is 6.42 Å². The maximum absolute atomic E-state index is 6.39. The Hall–Kier alpha value is -1.96. The van der Waals surface area contributed by atoms with E-state index in [0.717, 1.165) is 29.0 Å². The van der Waals surface area contributed by atoms with E-state index in [2.05, 4.69) is 58.9 Å². The second-order valence-electron chi connectivity index (χ2n) is 7.52. The molecule has 0 aliphatic carbocycles.